The van der Waals surface area contributed by atoms with Crippen molar-refractivity contribution in [3.8, 4) is 0 Å². The molecule has 2 N–H and O–H groups in total. The minimum absolute atomic E-state index is 0.255. The van der Waals surface area contributed by atoms with Crippen molar-refractivity contribution in [1.29, 1.82) is 0 Å². The van der Waals surface area contributed by atoms with E-state index in [-0.39, 0.29) is 6.04 Å². The Balaban J connectivity index is 1.86. The van der Waals surface area contributed by atoms with E-state index in [1.54, 1.807) is 0 Å². The molecule has 0 saturated carbocycles. The molecule has 88 valence electrons. The molecule has 1 aromatic rings. The van der Waals surface area contributed by atoms with Crippen molar-refractivity contribution in [3.05, 3.63) is 35.9 Å². The van der Waals surface area contributed by atoms with Gasteiger partial charge in [-0.15, -0.1) is 0 Å². The third-order valence-corrected chi connectivity index (χ3v) is 3.12. The second kappa shape index (κ2) is 4.95. The minimum atomic E-state index is -0.678. The maximum absolute atomic E-state index is 10.1. The Hall–Kier alpha value is -0.900. The molecule has 0 aliphatic carbocycles. The first-order valence-corrected chi connectivity index (χ1v) is 5.78. The normalized spacial score (nSPS) is 26.9. The lowest BCUT2D eigenvalue weighted by molar-refractivity contribution is 0.0252. The highest BCUT2D eigenvalue weighted by Crippen LogP contribution is 2.19. The van der Waals surface area contributed by atoms with Gasteiger partial charge in [0.25, 0.3) is 0 Å². The van der Waals surface area contributed by atoms with Crippen LogP contribution in [0.2, 0.25) is 0 Å². The van der Waals surface area contributed by atoms with Gasteiger partial charge in [0, 0.05) is 25.6 Å². The number of benzene rings is 1. The van der Waals surface area contributed by atoms with Crippen LogP contribution in [0, 0.1) is 0 Å². The zero-order chi connectivity index (χ0) is 11.4. The van der Waals surface area contributed by atoms with Gasteiger partial charge >= 0.3 is 0 Å². The molecule has 0 spiro atoms. The van der Waals surface area contributed by atoms with Crippen LogP contribution in [0.4, 0.5) is 0 Å². The molecular weight excluding hydrogens is 202 g/mol. The van der Waals surface area contributed by atoms with E-state index in [0.717, 1.165) is 6.42 Å². The van der Waals surface area contributed by atoms with Crippen LogP contribution in [0.15, 0.2) is 30.3 Å². The second-order valence-corrected chi connectivity index (χ2v) is 4.54. The summed E-state index contributed by atoms with van der Waals surface area (Å²) in [6, 6.07) is 10.5. The fourth-order valence-electron chi connectivity index (χ4n) is 1.94. The van der Waals surface area contributed by atoms with E-state index in [0.29, 0.717) is 19.8 Å². The Labute approximate surface area is 96.4 Å². The minimum Gasteiger partial charge on any atom is -0.386 e. The summed E-state index contributed by atoms with van der Waals surface area (Å²) in [5.41, 5.74) is 0.563. The standard InChI is InChI=1S/C13H19NO2/c1-11(12-5-3-2-4-6-12)14-9-13(15)7-8-16-10-13/h2-6,11,14-15H,7-10H2,1H3. The van der Waals surface area contributed by atoms with Crippen LogP contribution in [0.3, 0.4) is 0 Å². The van der Waals surface area contributed by atoms with Gasteiger partial charge in [-0.2, -0.15) is 0 Å². The van der Waals surface area contributed by atoms with Gasteiger partial charge in [0.15, 0.2) is 0 Å². The topological polar surface area (TPSA) is 41.5 Å². The Bertz CT molecular complexity index is 320. The summed E-state index contributed by atoms with van der Waals surface area (Å²) in [6.45, 7) is 3.80. The van der Waals surface area contributed by atoms with E-state index >= 15 is 0 Å². The van der Waals surface area contributed by atoms with Crippen LogP contribution >= 0.6 is 0 Å². The smallest absolute Gasteiger partial charge is 0.103 e. The molecular formula is C13H19NO2. The molecule has 2 atom stereocenters. The third kappa shape index (κ3) is 2.82. The SMILES string of the molecule is CC(NCC1(O)CCOC1)c1ccccc1. The molecule has 0 amide bonds. The Kier molecular flexibility index (Phi) is 3.59. The van der Waals surface area contributed by atoms with Crippen LogP contribution in [0.25, 0.3) is 0 Å². The van der Waals surface area contributed by atoms with Gasteiger partial charge in [-0.25, -0.2) is 0 Å². The van der Waals surface area contributed by atoms with E-state index in [1.165, 1.54) is 5.56 Å². The Morgan fingerprint density at radius 2 is 2.19 bits per heavy atom. The molecule has 1 aliphatic rings. The van der Waals surface area contributed by atoms with Gasteiger partial charge in [-0.05, 0) is 12.5 Å². The molecule has 16 heavy (non-hydrogen) atoms. The lowest BCUT2D eigenvalue weighted by atomic mass is 10.0. The van der Waals surface area contributed by atoms with Gasteiger partial charge in [0.2, 0.25) is 0 Å². The zero-order valence-electron chi connectivity index (χ0n) is 9.65. The predicted molar refractivity (Wildman–Crippen MR) is 63.2 cm³/mol. The molecule has 3 nitrogen and oxygen atoms in total. The lowest BCUT2D eigenvalue weighted by Crippen LogP contribution is -2.41. The maximum atomic E-state index is 10.1. The zero-order valence-corrected chi connectivity index (χ0v) is 9.65. The van der Waals surface area contributed by atoms with E-state index < -0.39 is 5.60 Å². The van der Waals surface area contributed by atoms with Crippen molar-refractivity contribution in [2.24, 2.45) is 0 Å². The van der Waals surface area contributed by atoms with Crippen molar-refractivity contribution in [3.63, 3.8) is 0 Å². The number of ether oxygens (including phenoxy) is 1. The van der Waals surface area contributed by atoms with Crippen molar-refractivity contribution in [1.82, 2.24) is 5.32 Å². The van der Waals surface area contributed by atoms with E-state index in [2.05, 4.69) is 24.4 Å². The average molecular weight is 221 g/mol. The number of hydrogen-bond acceptors (Lipinski definition) is 3. The second-order valence-electron chi connectivity index (χ2n) is 4.54. The lowest BCUT2D eigenvalue weighted by Gasteiger charge is -2.24. The Morgan fingerprint density at radius 3 is 2.81 bits per heavy atom. The van der Waals surface area contributed by atoms with Gasteiger partial charge in [-0.1, -0.05) is 30.3 Å². The fraction of sp³-hybridized carbons (Fsp3) is 0.538. The number of nitrogens with one attached hydrogen (secondary N) is 1. The summed E-state index contributed by atoms with van der Waals surface area (Å²) in [5, 5.41) is 13.5. The molecule has 0 radical (unpaired) electrons. The number of hydrogen-bond donors (Lipinski definition) is 2. The summed E-state index contributed by atoms with van der Waals surface area (Å²) in [6.07, 6.45) is 0.724. The molecule has 2 rings (SSSR count). The first kappa shape index (κ1) is 11.6. The van der Waals surface area contributed by atoms with Gasteiger partial charge in [0.05, 0.1) is 6.61 Å². The summed E-state index contributed by atoms with van der Waals surface area (Å²) >= 11 is 0. The van der Waals surface area contributed by atoms with Crippen molar-refractivity contribution < 1.29 is 9.84 Å². The summed E-state index contributed by atoms with van der Waals surface area (Å²) in [5.74, 6) is 0. The maximum Gasteiger partial charge on any atom is 0.103 e. The average Bonchev–Trinajstić information content (AvgIpc) is 2.75. The highest BCUT2D eigenvalue weighted by Gasteiger charge is 2.32. The molecule has 1 aromatic carbocycles. The van der Waals surface area contributed by atoms with E-state index in [1.807, 2.05) is 18.2 Å². The molecule has 0 aromatic heterocycles. The molecule has 0 bridgehead atoms. The highest BCUT2D eigenvalue weighted by molar-refractivity contribution is 5.18. The van der Waals surface area contributed by atoms with E-state index in [4.69, 9.17) is 4.74 Å². The fourth-order valence-corrected chi connectivity index (χ4v) is 1.94. The van der Waals surface area contributed by atoms with Crippen molar-refractivity contribution >= 4 is 0 Å². The van der Waals surface area contributed by atoms with Crippen molar-refractivity contribution in [2.45, 2.75) is 25.0 Å². The van der Waals surface area contributed by atoms with Gasteiger partial charge in [0.1, 0.15) is 5.60 Å². The quantitative estimate of drug-likeness (QED) is 0.809. The van der Waals surface area contributed by atoms with Crippen LogP contribution < -0.4 is 5.32 Å². The number of rotatable bonds is 4. The van der Waals surface area contributed by atoms with Gasteiger partial charge < -0.3 is 15.2 Å². The highest BCUT2D eigenvalue weighted by atomic mass is 16.5. The summed E-state index contributed by atoms with van der Waals surface area (Å²) in [7, 11) is 0. The molecule has 1 fully saturated rings. The molecule has 1 saturated heterocycles. The third-order valence-electron chi connectivity index (χ3n) is 3.12. The summed E-state index contributed by atoms with van der Waals surface area (Å²) in [4.78, 5) is 0. The van der Waals surface area contributed by atoms with Crippen LogP contribution in [0.1, 0.15) is 24.9 Å². The molecule has 3 heteroatoms. The first-order chi connectivity index (χ1) is 7.70. The molecule has 1 aliphatic heterocycles. The van der Waals surface area contributed by atoms with Crippen LogP contribution in [-0.4, -0.2) is 30.5 Å². The molecule has 2 unspecified atom stereocenters. The van der Waals surface area contributed by atoms with Crippen LogP contribution in [0.5, 0.6) is 0 Å². The largest absolute Gasteiger partial charge is 0.386 e. The summed E-state index contributed by atoms with van der Waals surface area (Å²) < 4.78 is 5.21. The Morgan fingerprint density at radius 1 is 1.44 bits per heavy atom. The number of aliphatic hydroxyl groups is 1. The first-order valence-electron chi connectivity index (χ1n) is 5.78. The molecule has 1 heterocycles. The van der Waals surface area contributed by atoms with Crippen molar-refractivity contribution in [2.75, 3.05) is 19.8 Å². The van der Waals surface area contributed by atoms with Crippen LogP contribution in [-0.2, 0) is 4.74 Å². The predicted octanol–water partition coefficient (Wildman–Crippen LogP) is 1.49. The van der Waals surface area contributed by atoms with E-state index in [9.17, 15) is 5.11 Å². The monoisotopic (exact) mass is 221 g/mol. The van der Waals surface area contributed by atoms with Gasteiger partial charge in [-0.3, -0.25) is 0 Å².